The van der Waals surface area contributed by atoms with Crippen LogP contribution in [0.1, 0.15) is 93.4 Å². The molecule has 0 aliphatic carbocycles. The topological polar surface area (TPSA) is 54.0 Å². The van der Waals surface area contributed by atoms with Crippen LogP contribution in [0.2, 0.25) is 16.6 Å². The van der Waals surface area contributed by atoms with Gasteiger partial charge in [0.15, 0.2) is 8.32 Å². The number of rotatable bonds is 13. The summed E-state index contributed by atoms with van der Waals surface area (Å²) in [5.74, 6) is 0.149. The van der Waals surface area contributed by atoms with Crippen LogP contribution in [0.15, 0.2) is 24.3 Å². The number of alkyl halides is 1. The summed E-state index contributed by atoms with van der Waals surface area (Å²) in [5, 5.41) is 0. The van der Waals surface area contributed by atoms with E-state index in [2.05, 4.69) is 71.0 Å². The maximum atomic E-state index is 12.1. The molecule has 0 spiro atoms. The lowest BCUT2D eigenvalue weighted by Gasteiger charge is -2.43. The van der Waals surface area contributed by atoms with Crippen LogP contribution in [-0.4, -0.2) is 57.2 Å². The average molecular weight is 602 g/mol. The number of methoxy groups -OCH3 is 1. The zero-order valence-electron chi connectivity index (χ0n) is 24.6. The molecule has 2 saturated heterocycles. The number of hydrogen-bond donors (Lipinski definition) is 0. The van der Waals surface area contributed by atoms with Crippen LogP contribution in [0.3, 0.4) is 0 Å². The van der Waals surface area contributed by atoms with E-state index >= 15 is 0 Å². The normalized spacial score (nSPS) is 29.2. The van der Waals surface area contributed by atoms with Crippen molar-refractivity contribution in [2.45, 2.75) is 139 Å². The lowest BCUT2D eigenvalue weighted by atomic mass is 9.90. The molecule has 0 radical (unpaired) electrons. The minimum Gasteiger partial charge on any atom is -0.466 e. The molecule has 2 heterocycles. The van der Waals surface area contributed by atoms with E-state index < -0.39 is 8.32 Å². The van der Waals surface area contributed by atoms with E-state index in [-0.39, 0.29) is 30.4 Å². The first-order valence-corrected chi connectivity index (χ1v) is 17.5. The smallest absolute Gasteiger partial charge is 0.330 e. The summed E-state index contributed by atoms with van der Waals surface area (Å²) >= 11 is 3.87. The summed E-state index contributed by atoms with van der Waals surface area (Å²) < 4.78 is 24.9. The molecule has 0 amide bonds. The molecule has 7 heteroatoms. The highest BCUT2D eigenvalue weighted by molar-refractivity contribution is 9.09. The zero-order valence-corrected chi connectivity index (χ0v) is 27.2. The summed E-state index contributed by atoms with van der Waals surface area (Å²) in [6, 6.07) is 0. The fourth-order valence-electron chi connectivity index (χ4n) is 6.71. The number of carbonyl (C=O) groups excluding carboxylic acids is 1. The second-order valence-corrected chi connectivity index (χ2v) is 19.0. The van der Waals surface area contributed by atoms with Gasteiger partial charge in [-0.15, -0.1) is 6.58 Å². The molecule has 6 atom stereocenters. The van der Waals surface area contributed by atoms with Gasteiger partial charge < -0.3 is 18.6 Å². The Kier molecular flexibility index (Phi) is 13.6. The molecule has 37 heavy (non-hydrogen) atoms. The predicted octanol–water partition coefficient (Wildman–Crippen LogP) is 8.13. The number of hydrogen-bond acceptors (Lipinski definition) is 5. The molecule has 5 nitrogen and oxygen atoms in total. The average Bonchev–Trinajstić information content (AvgIpc) is 2.80. The Hall–Kier alpha value is -0.473. The van der Waals surface area contributed by atoms with Crippen molar-refractivity contribution in [1.29, 1.82) is 0 Å². The highest BCUT2D eigenvalue weighted by atomic mass is 79.9. The van der Waals surface area contributed by atoms with Crippen molar-refractivity contribution in [3.05, 3.63) is 24.3 Å². The first kappa shape index (κ1) is 32.7. The van der Waals surface area contributed by atoms with Crippen molar-refractivity contribution in [3.63, 3.8) is 0 Å². The highest BCUT2D eigenvalue weighted by Crippen LogP contribution is 2.42. The van der Waals surface area contributed by atoms with E-state index in [1.165, 1.54) is 7.11 Å². The monoisotopic (exact) mass is 600 g/mol. The first-order chi connectivity index (χ1) is 17.4. The Morgan fingerprint density at radius 1 is 1.00 bits per heavy atom. The SMILES string of the molecule is C=C[C@H](C)C[C@H]1CC(Br)C[C@@H](C[C@H]2C/C(=C/C(=O)OC)C[C@@H](CCO[Si](C(C)C)(C(C)C)C(C)C)O2)O1. The molecule has 0 aromatic rings. The lowest BCUT2D eigenvalue weighted by Crippen LogP contribution is -2.48. The Morgan fingerprint density at radius 2 is 1.57 bits per heavy atom. The van der Waals surface area contributed by atoms with Gasteiger partial charge >= 0.3 is 5.97 Å². The van der Waals surface area contributed by atoms with Crippen molar-refractivity contribution < 1.29 is 23.4 Å². The van der Waals surface area contributed by atoms with Crippen LogP contribution in [0, 0.1) is 5.92 Å². The summed E-state index contributed by atoms with van der Waals surface area (Å²) in [6.45, 7) is 20.8. The molecule has 214 valence electrons. The van der Waals surface area contributed by atoms with Crippen LogP contribution in [0.4, 0.5) is 0 Å². The summed E-state index contributed by atoms with van der Waals surface area (Å²) in [6.07, 6.45) is 10.3. The molecule has 2 aliphatic rings. The highest BCUT2D eigenvalue weighted by Gasteiger charge is 2.45. The Balaban J connectivity index is 2.08. The van der Waals surface area contributed by atoms with Crippen LogP contribution in [0.5, 0.6) is 0 Å². The Bertz CT molecular complexity index is 730. The molecule has 1 unspecified atom stereocenters. The Morgan fingerprint density at radius 3 is 2.14 bits per heavy atom. The molecule has 0 saturated carbocycles. The largest absolute Gasteiger partial charge is 0.466 e. The van der Waals surface area contributed by atoms with Gasteiger partial charge in [0, 0.05) is 23.9 Å². The maximum Gasteiger partial charge on any atom is 0.330 e. The predicted molar refractivity (Wildman–Crippen MR) is 159 cm³/mol. The fraction of sp³-hybridized carbons (Fsp3) is 0.833. The quantitative estimate of drug-likeness (QED) is 0.0702. The van der Waals surface area contributed by atoms with Gasteiger partial charge in [-0.3, -0.25) is 0 Å². The second kappa shape index (κ2) is 15.4. The van der Waals surface area contributed by atoms with Gasteiger partial charge in [-0.2, -0.15) is 0 Å². The van der Waals surface area contributed by atoms with Gasteiger partial charge in [0.05, 0.1) is 31.5 Å². The molecule has 2 fully saturated rings. The zero-order chi connectivity index (χ0) is 27.8. The van der Waals surface area contributed by atoms with Crippen LogP contribution in [0.25, 0.3) is 0 Å². The first-order valence-electron chi connectivity index (χ1n) is 14.4. The van der Waals surface area contributed by atoms with E-state index in [0.717, 1.165) is 50.5 Å². The number of esters is 1. The van der Waals surface area contributed by atoms with Crippen LogP contribution >= 0.6 is 15.9 Å². The number of allylic oxidation sites excluding steroid dienone is 1. The second-order valence-electron chi connectivity index (χ2n) is 12.2. The van der Waals surface area contributed by atoms with Gasteiger partial charge in [0.25, 0.3) is 0 Å². The molecular weight excluding hydrogens is 548 g/mol. The molecule has 0 aromatic heterocycles. The van der Waals surface area contributed by atoms with E-state index in [1.54, 1.807) is 6.08 Å². The van der Waals surface area contributed by atoms with Gasteiger partial charge in [-0.05, 0) is 61.1 Å². The molecule has 0 bridgehead atoms. The minimum atomic E-state index is -1.92. The van der Waals surface area contributed by atoms with E-state index in [1.807, 2.05) is 6.08 Å². The minimum absolute atomic E-state index is 0.0252. The molecular formula is C30H53BrO5Si. The van der Waals surface area contributed by atoms with Crippen molar-refractivity contribution in [3.8, 4) is 0 Å². The van der Waals surface area contributed by atoms with E-state index in [4.69, 9.17) is 18.6 Å². The van der Waals surface area contributed by atoms with Crippen molar-refractivity contribution >= 4 is 30.2 Å². The van der Waals surface area contributed by atoms with Crippen molar-refractivity contribution in [1.82, 2.24) is 0 Å². The van der Waals surface area contributed by atoms with Gasteiger partial charge in [0.2, 0.25) is 0 Å². The number of ether oxygens (including phenoxy) is 3. The third-order valence-electron chi connectivity index (χ3n) is 8.37. The van der Waals surface area contributed by atoms with Gasteiger partial charge in [-0.25, -0.2) is 4.79 Å². The maximum absolute atomic E-state index is 12.1. The molecule has 0 aromatic carbocycles. The van der Waals surface area contributed by atoms with E-state index in [0.29, 0.717) is 34.0 Å². The molecule has 2 rings (SSSR count). The summed E-state index contributed by atoms with van der Waals surface area (Å²) in [7, 11) is -0.486. The van der Waals surface area contributed by atoms with Crippen molar-refractivity contribution in [2.75, 3.05) is 13.7 Å². The summed E-state index contributed by atoms with van der Waals surface area (Å²) in [4.78, 5) is 12.5. The van der Waals surface area contributed by atoms with Crippen LogP contribution < -0.4 is 0 Å². The third kappa shape index (κ3) is 9.59. The standard InChI is InChI=1S/C30H53BrO5Si/c1-10-23(8)13-27-17-25(31)18-29(36-27)19-28-15-24(16-30(32)33-9)14-26(35-28)11-12-34-37(20(2)3,21(4)5)22(6)7/h10,16,20-23,25-29H,1,11-15,17-19H2,2-9H3/b24-16+/t23-,25?,26+,27-,28+,29-/m0/s1. The third-order valence-corrected chi connectivity index (χ3v) is 15.2. The van der Waals surface area contributed by atoms with Crippen LogP contribution in [-0.2, 0) is 23.4 Å². The molecule has 2 aliphatic heterocycles. The van der Waals surface area contributed by atoms with Gasteiger partial charge in [0.1, 0.15) is 0 Å². The van der Waals surface area contributed by atoms with Gasteiger partial charge in [-0.1, -0.05) is 76.0 Å². The van der Waals surface area contributed by atoms with E-state index in [9.17, 15) is 4.79 Å². The molecule has 0 N–H and O–H groups in total. The lowest BCUT2D eigenvalue weighted by molar-refractivity contribution is -0.135. The number of carbonyl (C=O) groups is 1. The summed E-state index contributed by atoms with van der Waals surface area (Å²) in [5.41, 5.74) is 2.77. The fourth-order valence-corrected chi connectivity index (χ4v) is 13.0. The van der Waals surface area contributed by atoms with Crippen molar-refractivity contribution in [2.24, 2.45) is 5.92 Å². The number of halogens is 1. The Labute approximate surface area is 236 Å².